The molecular weight excluding hydrogens is 374 g/mol. The molecule has 0 bridgehead atoms. The van der Waals surface area contributed by atoms with Gasteiger partial charge in [0.05, 0.1) is 40.6 Å². The van der Waals surface area contributed by atoms with Gasteiger partial charge in [-0.15, -0.1) is 0 Å². The van der Waals surface area contributed by atoms with E-state index in [-0.39, 0.29) is 0 Å². The first-order valence-electron chi connectivity index (χ1n) is 9.23. The molecule has 1 aromatic heterocycles. The van der Waals surface area contributed by atoms with E-state index in [9.17, 15) is 0 Å². The van der Waals surface area contributed by atoms with Crippen LogP contribution in [-0.2, 0) is 0 Å². The SMILES string of the molecule is CCCOc1ccc(-c2nocc2-c2cc(OC)c(OC)c(OC)c2OC)cc1. The van der Waals surface area contributed by atoms with Crippen molar-refractivity contribution in [3.8, 4) is 51.1 Å². The van der Waals surface area contributed by atoms with Crippen molar-refractivity contribution >= 4 is 0 Å². The van der Waals surface area contributed by atoms with Crippen LogP contribution in [0.1, 0.15) is 13.3 Å². The normalized spacial score (nSPS) is 10.5. The molecule has 0 radical (unpaired) electrons. The fourth-order valence-corrected chi connectivity index (χ4v) is 3.10. The number of aromatic nitrogens is 1. The van der Waals surface area contributed by atoms with E-state index in [1.54, 1.807) is 34.7 Å². The Hall–Kier alpha value is -3.35. The molecule has 2 aromatic carbocycles. The highest BCUT2D eigenvalue weighted by Crippen LogP contribution is 2.51. The summed E-state index contributed by atoms with van der Waals surface area (Å²) in [6.45, 7) is 2.75. The predicted octanol–water partition coefficient (Wildman–Crippen LogP) is 4.83. The van der Waals surface area contributed by atoms with Gasteiger partial charge in [-0.3, -0.25) is 0 Å². The van der Waals surface area contributed by atoms with Crippen LogP contribution in [0.15, 0.2) is 41.1 Å². The molecule has 0 unspecified atom stereocenters. The first kappa shape index (κ1) is 20.4. The number of rotatable bonds is 9. The summed E-state index contributed by atoms with van der Waals surface area (Å²) in [5.74, 6) is 2.70. The number of hydrogen-bond acceptors (Lipinski definition) is 7. The molecule has 0 saturated carbocycles. The highest BCUT2D eigenvalue weighted by Gasteiger charge is 2.25. The van der Waals surface area contributed by atoms with Gasteiger partial charge in [0.15, 0.2) is 11.5 Å². The van der Waals surface area contributed by atoms with Crippen LogP contribution >= 0.6 is 0 Å². The number of benzene rings is 2. The summed E-state index contributed by atoms with van der Waals surface area (Å²) in [7, 11) is 6.23. The Morgan fingerprint density at radius 2 is 1.52 bits per heavy atom. The van der Waals surface area contributed by atoms with E-state index in [0.29, 0.717) is 40.9 Å². The van der Waals surface area contributed by atoms with Crippen molar-refractivity contribution < 1.29 is 28.2 Å². The third kappa shape index (κ3) is 3.94. The molecule has 0 aliphatic carbocycles. The fourth-order valence-electron chi connectivity index (χ4n) is 3.10. The van der Waals surface area contributed by atoms with Gasteiger partial charge in [-0.1, -0.05) is 12.1 Å². The number of hydrogen-bond donors (Lipinski definition) is 0. The molecule has 29 heavy (non-hydrogen) atoms. The Morgan fingerprint density at radius 3 is 2.10 bits per heavy atom. The third-order valence-electron chi connectivity index (χ3n) is 4.45. The van der Waals surface area contributed by atoms with Crippen LogP contribution < -0.4 is 23.7 Å². The van der Waals surface area contributed by atoms with E-state index in [4.69, 9.17) is 28.2 Å². The summed E-state index contributed by atoms with van der Waals surface area (Å²) in [5.41, 5.74) is 3.00. The second-order valence-electron chi connectivity index (χ2n) is 6.18. The maximum atomic E-state index is 5.65. The average Bonchev–Trinajstić information content (AvgIpc) is 3.25. The molecule has 7 heteroatoms. The second kappa shape index (κ2) is 9.23. The minimum Gasteiger partial charge on any atom is -0.494 e. The van der Waals surface area contributed by atoms with Crippen LogP contribution in [0.3, 0.4) is 0 Å². The van der Waals surface area contributed by atoms with Gasteiger partial charge in [0.25, 0.3) is 0 Å². The Morgan fingerprint density at radius 1 is 0.828 bits per heavy atom. The second-order valence-corrected chi connectivity index (χ2v) is 6.18. The molecule has 0 atom stereocenters. The molecule has 0 spiro atoms. The van der Waals surface area contributed by atoms with Crippen LogP contribution in [0.25, 0.3) is 22.4 Å². The topological polar surface area (TPSA) is 72.2 Å². The van der Waals surface area contributed by atoms with Crippen LogP contribution in [0.5, 0.6) is 28.7 Å². The Labute approximate surface area is 170 Å². The lowest BCUT2D eigenvalue weighted by Crippen LogP contribution is -2.00. The van der Waals surface area contributed by atoms with Gasteiger partial charge in [-0.2, -0.15) is 0 Å². The number of methoxy groups -OCH3 is 4. The molecular formula is C22H25NO6. The monoisotopic (exact) mass is 399 g/mol. The van der Waals surface area contributed by atoms with E-state index >= 15 is 0 Å². The van der Waals surface area contributed by atoms with Gasteiger partial charge in [0, 0.05) is 11.1 Å². The first-order valence-corrected chi connectivity index (χ1v) is 9.23. The lowest BCUT2D eigenvalue weighted by molar-refractivity contribution is 0.306. The lowest BCUT2D eigenvalue weighted by atomic mass is 9.99. The van der Waals surface area contributed by atoms with Crippen molar-refractivity contribution in [2.45, 2.75) is 13.3 Å². The van der Waals surface area contributed by atoms with E-state index in [1.807, 2.05) is 30.3 Å². The van der Waals surface area contributed by atoms with E-state index in [2.05, 4.69) is 12.1 Å². The molecule has 0 aliphatic rings. The molecule has 0 fully saturated rings. The Bertz CT molecular complexity index is 949. The van der Waals surface area contributed by atoms with Crippen molar-refractivity contribution in [2.75, 3.05) is 35.0 Å². The van der Waals surface area contributed by atoms with Crippen LogP contribution in [0, 0.1) is 0 Å². The molecule has 0 saturated heterocycles. The minimum atomic E-state index is 0.430. The third-order valence-corrected chi connectivity index (χ3v) is 4.45. The zero-order chi connectivity index (χ0) is 20.8. The van der Waals surface area contributed by atoms with Gasteiger partial charge in [0.1, 0.15) is 17.7 Å². The molecule has 1 heterocycles. The summed E-state index contributed by atoms with van der Waals surface area (Å²) in [4.78, 5) is 0. The van der Waals surface area contributed by atoms with Crippen LogP contribution in [0.4, 0.5) is 0 Å². The zero-order valence-electron chi connectivity index (χ0n) is 17.3. The van der Waals surface area contributed by atoms with Crippen molar-refractivity contribution in [2.24, 2.45) is 0 Å². The molecule has 0 N–H and O–H groups in total. The van der Waals surface area contributed by atoms with Crippen molar-refractivity contribution in [1.82, 2.24) is 5.16 Å². The van der Waals surface area contributed by atoms with Gasteiger partial charge in [-0.25, -0.2) is 0 Å². The van der Waals surface area contributed by atoms with E-state index < -0.39 is 0 Å². The fraction of sp³-hybridized carbons (Fsp3) is 0.318. The smallest absolute Gasteiger partial charge is 0.207 e. The van der Waals surface area contributed by atoms with Crippen molar-refractivity contribution in [3.05, 3.63) is 36.6 Å². The summed E-state index contributed by atoms with van der Waals surface area (Å²) >= 11 is 0. The minimum absolute atomic E-state index is 0.430. The molecule has 3 aromatic rings. The van der Waals surface area contributed by atoms with E-state index in [1.165, 1.54) is 0 Å². The summed E-state index contributed by atoms with van der Waals surface area (Å²) in [5, 5.41) is 4.20. The maximum Gasteiger partial charge on any atom is 0.207 e. The molecule has 3 rings (SSSR count). The standard InChI is InChI=1S/C22H25NO6/c1-6-11-28-15-9-7-14(8-10-15)19-17(13-29-23-19)16-12-18(24-2)21(26-4)22(27-5)20(16)25-3/h7-10,12-13H,6,11H2,1-5H3. The van der Waals surface area contributed by atoms with Gasteiger partial charge >= 0.3 is 0 Å². The summed E-state index contributed by atoms with van der Waals surface area (Å²) in [6.07, 6.45) is 2.52. The number of ether oxygens (including phenoxy) is 5. The van der Waals surface area contributed by atoms with Crippen LogP contribution in [-0.4, -0.2) is 40.2 Å². The lowest BCUT2D eigenvalue weighted by Gasteiger charge is -2.18. The highest BCUT2D eigenvalue weighted by molar-refractivity contribution is 5.87. The van der Waals surface area contributed by atoms with Crippen molar-refractivity contribution in [3.63, 3.8) is 0 Å². The van der Waals surface area contributed by atoms with Crippen LogP contribution in [0.2, 0.25) is 0 Å². The average molecular weight is 399 g/mol. The van der Waals surface area contributed by atoms with Gasteiger partial charge in [0.2, 0.25) is 11.5 Å². The van der Waals surface area contributed by atoms with E-state index in [0.717, 1.165) is 23.3 Å². The number of nitrogens with zero attached hydrogens (tertiary/aromatic N) is 1. The maximum absolute atomic E-state index is 5.65. The zero-order valence-corrected chi connectivity index (χ0v) is 17.3. The first-order chi connectivity index (χ1) is 14.2. The molecule has 7 nitrogen and oxygen atoms in total. The van der Waals surface area contributed by atoms with Gasteiger partial charge in [-0.05, 0) is 36.8 Å². The Kier molecular flexibility index (Phi) is 6.49. The van der Waals surface area contributed by atoms with Crippen molar-refractivity contribution in [1.29, 1.82) is 0 Å². The largest absolute Gasteiger partial charge is 0.494 e. The molecule has 154 valence electrons. The Balaban J connectivity index is 2.10. The highest BCUT2D eigenvalue weighted by atomic mass is 16.5. The predicted molar refractivity (Wildman–Crippen MR) is 109 cm³/mol. The summed E-state index contributed by atoms with van der Waals surface area (Å²) < 4.78 is 33.1. The molecule has 0 aliphatic heterocycles. The molecule has 0 amide bonds. The summed E-state index contributed by atoms with van der Waals surface area (Å²) in [6, 6.07) is 9.52. The quantitative estimate of drug-likeness (QED) is 0.510. The van der Waals surface area contributed by atoms with Gasteiger partial charge < -0.3 is 28.2 Å².